The fourth-order valence-electron chi connectivity index (χ4n) is 3.00. The van der Waals surface area contributed by atoms with Crippen LogP contribution in [0.4, 0.5) is 10.1 Å². The third kappa shape index (κ3) is 1.67. The van der Waals surface area contributed by atoms with Gasteiger partial charge < -0.3 is 10.2 Å². The molecule has 0 unspecified atom stereocenters. The van der Waals surface area contributed by atoms with Gasteiger partial charge in [0.05, 0.1) is 11.3 Å². The van der Waals surface area contributed by atoms with Crippen LogP contribution in [-0.4, -0.2) is 25.7 Å². The van der Waals surface area contributed by atoms with Crippen LogP contribution in [0.5, 0.6) is 0 Å². The molecule has 0 aliphatic carbocycles. The first-order valence-electron chi connectivity index (χ1n) is 5.96. The number of nitriles is 1. The molecular formula is C13H14FN3. The standard InChI is InChI=1S/C13H14FN3/c14-11-1-2-12(10(5-11)6-15)17-4-3-9-7-16-8-13(9)17/h1-2,5,9,13,16H,3-4,7-8H2/t9-,13+/m0/s1. The summed E-state index contributed by atoms with van der Waals surface area (Å²) >= 11 is 0. The smallest absolute Gasteiger partial charge is 0.124 e. The Kier molecular flexibility index (Phi) is 2.49. The van der Waals surface area contributed by atoms with Crippen molar-refractivity contribution in [2.45, 2.75) is 12.5 Å². The minimum absolute atomic E-state index is 0.342. The monoisotopic (exact) mass is 231 g/mol. The Bertz CT molecular complexity index is 480. The maximum absolute atomic E-state index is 13.1. The van der Waals surface area contributed by atoms with Gasteiger partial charge in [0.25, 0.3) is 0 Å². The van der Waals surface area contributed by atoms with Gasteiger partial charge in [-0.1, -0.05) is 0 Å². The molecule has 3 nitrogen and oxygen atoms in total. The molecule has 0 radical (unpaired) electrons. The average molecular weight is 231 g/mol. The Balaban J connectivity index is 1.97. The van der Waals surface area contributed by atoms with E-state index in [1.807, 2.05) is 0 Å². The topological polar surface area (TPSA) is 39.1 Å². The van der Waals surface area contributed by atoms with E-state index in [1.165, 1.54) is 12.1 Å². The number of hydrogen-bond donors (Lipinski definition) is 1. The van der Waals surface area contributed by atoms with Crippen LogP contribution < -0.4 is 10.2 Å². The van der Waals surface area contributed by atoms with E-state index in [0.717, 1.165) is 31.7 Å². The van der Waals surface area contributed by atoms with E-state index in [-0.39, 0.29) is 5.82 Å². The summed E-state index contributed by atoms with van der Waals surface area (Å²) in [7, 11) is 0. The second-order valence-electron chi connectivity index (χ2n) is 4.74. The molecule has 2 aliphatic rings. The maximum atomic E-state index is 13.1. The first-order valence-corrected chi connectivity index (χ1v) is 5.96. The van der Waals surface area contributed by atoms with Crippen LogP contribution in [-0.2, 0) is 0 Å². The molecule has 1 aromatic rings. The van der Waals surface area contributed by atoms with Gasteiger partial charge in [0.2, 0.25) is 0 Å². The summed E-state index contributed by atoms with van der Waals surface area (Å²) in [6, 6.07) is 7.05. The van der Waals surface area contributed by atoms with Crippen LogP contribution in [0.1, 0.15) is 12.0 Å². The van der Waals surface area contributed by atoms with Crippen LogP contribution in [0.25, 0.3) is 0 Å². The third-order valence-electron chi connectivity index (χ3n) is 3.83. The number of halogens is 1. The number of hydrogen-bond acceptors (Lipinski definition) is 3. The van der Waals surface area contributed by atoms with Gasteiger partial charge in [0.1, 0.15) is 11.9 Å². The van der Waals surface area contributed by atoms with Crippen molar-refractivity contribution < 1.29 is 4.39 Å². The molecule has 2 atom stereocenters. The number of nitrogens with one attached hydrogen (secondary N) is 1. The number of nitrogens with zero attached hydrogens (tertiary/aromatic N) is 2. The summed E-state index contributed by atoms with van der Waals surface area (Å²) in [5.74, 6) is 0.331. The molecule has 0 bridgehead atoms. The first kappa shape index (κ1) is 10.5. The van der Waals surface area contributed by atoms with Crippen molar-refractivity contribution in [2.24, 2.45) is 5.92 Å². The van der Waals surface area contributed by atoms with Crippen molar-refractivity contribution in [2.75, 3.05) is 24.5 Å². The van der Waals surface area contributed by atoms with Gasteiger partial charge in [-0.3, -0.25) is 0 Å². The lowest BCUT2D eigenvalue weighted by atomic mass is 10.0. The van der Waals surface area contributed by atoms with E-state index < -0.39 is 0 Å². The molecule has 0 amide bonds. The van der Waals surface area contributed by atoms with E-state index in [2.05, 4.69) is 16.3 Å². The summed E-state index contributed by atoms with van der Waals surface area (Å²) in [6.07, 6.45) is 1.15. The highest BCUT2D eigenvalue weighted by atomic mass is 19.1. The summed E-state index contributed by atoms with van der Waals surface area (Å²) in [4.78, 5) is 2.25. The van der Waals surface area contributed by atoms with Crippen molar-refractivity contribution in [1.82, 2.24) is 5.32 Å². The van der Waals surface area contributed by atoms with Crippen LogP contribution in [0.2, 0.25) is 0 Å². The fourth-order valence-corrected chi connectivity index (χ4v) is 3.00. The molecule has 1 aromatic carbocycles. The number of anilines is 1. The average Bonchev–Trinajstić information content (AvgIpc) is 2.91. The van der Waals surface area contributed by atoms with E-state index >= 15 is 0 Å². The predicted molar refractivity (Wildman–Crippen MR) is 63.2 cm³/mol. The lowest BCUT2D eigenvalue weighted by Gasteiger charge is -2.26. The van der Waals surface area contributed by atoms with Crippen LogP contribution in [0.15, 0.2) is 18.2 Å². The lowest BCUT2D eigenvalue weighted by molar-refractivity contribution is 0.578. The second-order valence-corrected chi connectivity index (χ2v) is 4.74. The molecule has 1 N–H and O–H groups in total. The third-order valence-corrected chi connectivity index (χ3v) is 3.83. The van der Waals surface area contributed by atoms with Gasteiger partial charge in [-0.2, -0.15) is 5.26 Å². The molecule has 2 saturated heterocycles. The van der Waals surface area contributed by atoms with Gasteiger partial charge in [-0.15, -0.1) is 0 Å². The van der Waals surface area contributed by atoms with Crippen LogP contribution >= 0.6 is 0 Å². The molecule has 88 valence electrons. The maximum Gasteiger partial charge on any atom is 0.124 e. The zero-order chi connectivity index (χ0) is 11.8. The summed E-state index contributed by atoms with van der Waals surface area (Å²) in [5.41, 5.74) is 1.32. The van der Waals surface area contributed by atoms with E-state index in [4.69, 9.17) is 5.26 Å². The molecule has 0 aromatic heterocycles. The van der Waals surface area contributed by atoms with E-state index in [1.54, 1.807) is 6.07 Å². The SMILES string of the molecule is N#Cc1cc(F)ccc1N1CC[C@H]2CNC[C@H]21. The Morgan fingerprint density at radius 2 is 2.29 bits per heavy atom. The Morgan fingerprint density at radius 3 is 3.12 bits per heavy atom. The van der Waals surface area contributed by atoms with Crippen LogP contribution in [0, 0.1) is 23.1 Å². The number of benzene rings is 1. The molecule has 2 aliphatic heterocycles. The highest BCUT2D eigenvalue weighted by Crippen LogP contribution is 2.33. The number of rotatable bonds is 1. The van der Waals surface area contributed by atoms with Crippen molar-refractivity contribution in [3.63, 3.8) is 0 Å². The highest BCUT2D eigenvalue weighted by molar-refractivity contribution is 5.61. The zero-order valence-electron chi connectivity index (χ0n) is 9.49. The quantitative estimate of drug-likeness (QED) is 0.796. The van der Waals surface area contributed by atoms with Crippen molar-refractivity contribution in [1.29, 1.82) is 5.26 Å². The van der Waals surface area contributed by atoms with Crippen molar-refractivity contribution in [3.8, 4) is 6.07 Å². The predicted octanol–water partition coefficient (Wildman–Crippen LogP) is 1.50. The van der Waals surface area contributed by atoms with Crippen LogP contribution in [0.3, 0.4) is 0 Å². The highest BCUT2D eigenvalue weighted by Gasteiger charge is 2.38. The largest absolute Gasteiger partial charge is 0.366 e. The summed E-state index contributed by atoms with van der Waals surface area (Å²) in [5, 5.41) is 12.5. The molecule has 2 heterocycles. The lowest BCUT2D eigenvalue weighted by Crippen LogP contribution is -2.34. The van der Waals surface area contributed by atoms with Gasteiger partial charge >= 0.3 is 0 Å². The Morgan fingerprint density at radius 1 is 1.41 bits per heavy atom. The molecule has 4 heteroatoms. The Hall–Kier alpha value is -1.60. The van der Waals surface area contributed by atoms with E-state index in [9.17, 15) is 4.39 Å². The molecule has 0 spiro atoms. The molecule has 17 heavy (non-hydrogen) atoms. The molecule has 2 fully saturated rings. The summed E-state index contributed by atoms with van der Waals surface area (Å²) in [6.45, 7) is 2.99. The fraction of sp³-hybridized carbons (Fsp3) is 0.462. The van der Waals surface area contributed by atoms with Gasteiger partial charge in [-0.05, 0) is 30.5 Å². The van der Waals surface area contributed by atoms with Gasteiger partial charge in [0, 0.05) is 25.7 Å². The van der Waals surface area contributed by atoms with Gasteiger partial charge in [0.15, 0.2) is 0 Å². The first-order chi connectivity index (χ1) is 8.29. The summed E-state index contributed by atoms with van der Waals surface area (Å²) < 4.78 is 13.1. The Labute approximate surface area is 99.8 Å². The van der Waals surface area contributed by atoms with Crippen molar-refractivity contribution >= 4 is 5.69 Å². The van der Waals surface area contributed by atoms with E-state index in [0.29, 0.717) is 17.5 Å². The minimum atomic E-state index is -0.342. The van der Waals surface area contributed by atoms with Gasteiger partial charge in [-0.25, -0.2) is 4.39 Å². The second kappa shape index (κ2) is 4.01. The number of fused-ring (bicyclic) bond motifs is 1. The molecular weight excluding hydrogens is 217 g/mol. The molecule has 0 saturated carbocycles. The van der Waals surface area contributed by atoms with Crippen molar-refractivity contribution in [3.05, 3.63) is 29.6 Å². The molecule has 3 rings (SSSR count). The zero-order valence-corrected chi connectivity index (χ0v) is 9.49. The minimum Gasteiger partial charge on any atom is -0.366 e. The normalized spacial score (nSPS) is 26.9.